The first kappa shape index (κ1) is 11.6. The molecule has 0 aliphatic heterocycles. The number of rotatable bonds is 3. The van der Waals surface area contributed by atoms with Crippen molar-refractivity contribution >= 4 is 11.7 Å². The standard InChI is InChI=1S/C12H17NO2/c1-8(2)9-5-6-10(12(14)15)11(7-9)13(3)4/h5-8H,1-4H3,(H,14,15). The van der Waals surface area contributed by atoms with Gasteiger partial charge in [-0.05, 0) is 23.6 Å². The Bertz CT molecular complexity index is 370. The average Bonchev–Trinajstić information content (AvgIpc) is 2.16. The Morgan fingerprint density at radius 3 is 2.33 bits per heavy atom. The molecule has 0 heterocycles. The van der Waals surface area contributed by atoms with Gasteiger partial charge in [-0.1, -0.05) is 19.9 Å². The van der Waals surface area contributed by atoms with Gasteiger partial charge in [-0.2, -0.15) is 0 Å². The second-order valence-electron chi connectivity index (χ2n) is 4.13. The van der Waals surface area contributed by atoms with Gasteiger partial charge < -0.3 is 10.0 Å². The maximum atomic E-state index is 11.0. The summed E-state index contributed by atoms with van der Waals surface area (Å²) in [6, 6.07) is 5.49. The molecule has 0 fully saturated rings. The summed E-state index contributed by atoms with van der Waals surface area (Å²) in [5, 5.41) is 9.02. The molecule has 0 aliphatic carbocycles. The molecule has 3 nitrogen and oxygen atoms in total. The van der Waals surface area contributed by atoms with Crippen molar-refractivity contribution in [3.8, 4) is 0 Å². The Balaban J connectivity index is 3.27. The number of carbonyl (C=O) groups is 1. The van der Waals surface area contributed by atoms with E-state index in [1.54, 1.807) is 6.07 Å². The van der Waals surface area contributed by atoms with Crippen LogP contribution in [0, 0.1) is 0 Å². The van der Waals surface area contributed by atoms with Crippen molar-refractivity contribution < 1.29 is 9.90 Å². The van der Waals surface area contributed by atoms with Crippen molar-refractivity contribution in [1.82, 2.24) is 0 Å². The zero-order valence-electron chi connectivity index (χ0n) is 9.61. The molecular formula is C12H17NO2. The topological polar surface area (TPSA) is 40.5 Å². The maximum Gasteiger partial charge on any atom is 0.337 e. The molecule has 0 saturated carbocycles. The van der Waals surface area contributed by atoms with Crippen LogP contribution in [0.5, 0.6) is 0 Å². The van der Waals surface area contributed by atoms with Crippen molar-refractivity contribution in [3.05, 3.63) is 29.3 Å². The highest BCUT2D eigenvalue weighted by Gasteiger charge is 2.13. The minimum absolute atomic E-state index is 0.351. The first-order chi connectivity index (χ1) is 6.93. The fourth-order valence-electron chi connectivity index (χ4n) is 1.46. The number of carboxylic acids is 1. The zero-order valence-corrected chi connectivity index (χ0v) is 9.61. The van der Waals surface area contributed by atoms with E-state index in [0.717, 1.165) is 11.3 Å². The molecule has 0 bridgehead atoms. The van der Waals surface area contributed by atoms with E-state index in [1.165, 1.54) is 0 Å². The van der Waals surface area contributed by atoms with Crippen LogP contribution in [0.1, 0.15) is 35.7 Å². The number of carboxylic acid groups (broad SMARTS) is 1. The van der Waals surface area contributed by atoms with E-state index in [9.17, 15) is 4.79 Å². The molecule has 0 aliphatic rings. The van der Waals surface area contributed by atoms with Crippen LogP contribution in [0.4, 0.5) is 5.69 Å². The van der Waals surface area contributed by atoms with Gasteiger partial charge in [0.05, 0.1) is 11.3 Å². The van der Waals surface area contributed by atoms with E-state index in [1.807, 2.05) is 31.1 Å². The molecule has 1 aromatic carbocycles. The molecule has 0 saturated heterocycles. The average molecular weight is 207 g/mol. The minimum atomic E-state index is -0.881. The lowest BCUT2D eigenvalue weighted by Gasteiger charge is -2.17. The third kappa shape index (κ3) is 2.49. The summed E-state index contributed by atoms with van der Waals surface area (Å²) in [5.74, 6) is -0.472. The summed E-state index contributed by atoms with van der Waals surface area (Å²) < 4.78 is 0. The molecule has 3 heteroatoms. The summed E-state index contributed by atoms with van der Waals surface area (Å²) in [7, 11) is 3.71. The van der Waals surface area contributed by atoms with E-state index < -0.39 is 5.97 Å². The highest BCUT2D eigenvalue weighted by atomic mass is 16.4. The highest BCUT2D eigenvalue weighted by Crippen LogP contribution is 2.24. The van der Waals surface area contributed by atoms with Crippen LogP contribution in [0.15, 0.2) is 18.2 Å². The van der Waals surface area contributed by atoms with Crippen LogP contribution in [0.3, 0.4) is 0 Å². The molecule has 0 amide bonds. The molecule has 15 heavy (non-hydrogen) atoms. The SMILES string of the molecule is CC(C)c1ccc(C(=O)O)c(N(C)C)c1. The Morgan fingerprint density at radius 2 is 1.93 bits per heavy atom. The summed E-state index contributed by atoms with van der Waals surface area (Å²) in [5.41, 5.74) is 2.27. The Morgan fingerprint density at radius 1 is 1.33 bits per heavy atom. The highest BCUT2D eigenvalue weighted by molar-refractivity contribution is 5.94. The van der Waals surface area contributed by atoms with Gasteiger partial charge in [-0.3, -0.25) is 0 Å². The van der Waals surface area contributed by atoms with Crippen molar-refractivity contribution in [1.29, 1.82) is 0 Å². The quantitative estimate of drug-likeness (QED) is 0.828. The van der Waals surface area contributed by atoms with Crippen LogP contribution >= 0.6 is 0 Å². The Hall–Kier alpha value is -1.51. The van der Waals surface area contributed by atoms with Gasteiger partial charge in [0.15, 0.2) is 0 Å². The van der Waals surface area contributed by atoms with E-state index in [-0.39, 0.29) is 0 Å². The normalized spacial score (nSPS) is 10.5. The lowest BCUT2D eigenvalue weighted by molar-refractivity contribution is 0.0697. The summed E-state index contributed by atoms with van der Waals surface area (Å²) in [4.78, 5) is 12.8. The van der Waals surface area contributed by atoms with Gasteiger partial charge in [-0.25, -0.2) is 4.79 Å². The Labute approximate surface area is 90.3 Å². The minimum Gasteiger partial charge on any atom is -0.478 e. The lowest BCUT2D eigenvalue weighted by Crippen LogP contribution is -2.14. The molecular weight excluding hydrogens is 190 g/mol. The molecule has 0 atom stereocenters. The second-order valence-corrected chi connectivity index (χ2v) is 4.13. The number of aromatic carboxylic acids is 1. The van der Waals surface area contributed by atoms with Crippen molar-refractivity contribution in [3.63, 3.8) is 0 Å². The molecule has 82 valence electrons. The summed E-state index contributed by atoms with van der Waals surface area (Å²) >= 11 is 0. The molecule has 0 radical (unpaired) electrons. The predicted octanol–water partition coefficient (Wildman–Crippen LogP) is 2.57. The van der Waals surface area contributed by atoms with Crippen molar-refractivity contribution in [2.45, 2.75) is 19.8 Å². The summed E-state index contributed by atoms with van der Waals surface area (Å²) in [6.45, 7) is 4.18. The van der Waals surface area contributed by atoms with Gasteiger partial charge in [0.1, 0.15) is 0 Å². The molecule has 1 rings (SSSR count). The van der Waals surface area contributed by atoms with Crippen LogP contribution in [-0.2, 0) is 0 Å². The molecule has 1 aromatic rings. The number of anilines is 1. The first-order valence-corrected chi connectivity index (χ1v) is 4.98. The number of nitrogens with zero attached hydrogens (tertiary/aromatic N) is 1. The van der Waals surface area contributed by atoms with Gasteiger partial charge in [-0.15, -0.1) is 0 Å². The van der Waals surface area contributed by atoms with E-state index >= 15 is 0 Å². The van der Waals surface area contributed by atoms with Gasteiger partial charge >= 0.3 is 5.97 Å². The molecule has 1 N–H and O–H groups in total. The zero-order chi connectivity index (χ0) is 11.6. The van der Waals surface area contributed by atoms with Crippen LogP contribution < -0.4 is 4.90 Å². The lowest BCUT2D eigenvalue weighted by atomic mass is 10.00. The number of hydrogen-bond donors (Lipinski definition) is 1. The van der Waals surface area contributed by atoms with Crippen LogP contribution in [0.2, 0.25) is 0 Å². The van der Waals surface area contributed by atoms with E-state index in [4.69, 9.17) is 5.11 Å². The van der Waals surface area contributed by atoms with Gasteiger partial charge in [0.25, 0.3) is 0 Å². The third-order valence-corrected chi connectivity index (χ3v) is 2.40. The monoisotopic (exact) mass is 207 g/mol. The molecule has 0 spiro atoms. The van der Waals surface area contributed by atoms with E-state index in [0.29, 0.717) is 11.5 Å². The van der Waals surface area contributed by atoms with Gasteiger partial charge in [0, 0.05) is 14.1 Å². The fourth-order valence-corrected chi connectivity index (χ4v) is 1.46. The largest absolute Gasteiger partial charge is 0.478 e. The molecule has 0 aromatic heterocycles. The van der Waals surface area contributed by atoms with Crippen molar-refractivity contribution in [2.75, 3.05) is 19.0 Å². The fraction of sp³-hybridized carbons (Fsp3) is 0.417. The summed E-state index contributed by atoms with van der Waals surface area (Å²) in [6.07, 6.45) is 0. The smallest absolute Gasteiger partial charge is 0.337 e. The van der Waals surface area contributed by atoms with Crippen LogP contribution in [0.25, 0.3) is 0 Å². The predicted molar refractivity (Wildman–Crippen MR) is 61.8 cm³/mol. The second kappa shape index (κ2) is 4.34. The Kier molecular flexibility index (Phi) is 3.35. The van der Waals surface area contributed by atoms with Crippen molar-refractivity contribution in [2.24, 2.45) is 0 Å². The van der Waals surface area contributed by atoms with Gasteiger partial charge in [0.2, 0.25) is 0 Å². The number of benzene rings is 1. The van der Waals surface area contributed by atoms with E-state index in [2.05, 4.69) is 13.8 Å². The first-order valence-electron chi connectivity index (χ1n) is 4.98. The number of hydrogen-bond acceptors (Lipinski definition) is 2. The maximum absolute atomic E-state index is 11.0. The molecule has 0 unspecified atom stereocenters. The third-order valence-electron chi connectivity index (χ3n) is 2.40. The van der Waals surface area contributed by atoms with Crippen LogP contribution in [-0.4, -0.2) is 25.2 Å².